The van der Waals surface area contributed by atoms with E-state index in [1.807, 2.05) is 18.2 Å². The van der Waals surface area contributed by atoms with Gasteiger partial charge in [-0.2, -0.15) is 0 Å². The van der Waals surface area contributed by atoms with Crippen molar-refractivity contribution in [3.05, 3.63) is 23.8 Å². The van der Waals surface area contributed by atoms with E-state index in [1.165, 1.54) is 5.56 Å². The number of ether oxygens (including phenoxy) is 4. The fourth-order valence-electron chi connectivity index (χ4n) is 1.72. The van der Waals surface area contributed by atoms with Gasteiger partial charge in [-0.3, -0.25) is 0 Å². The molecule has 1 aromatic rings. The Morgan fingerprint density at radius 1 is 1.00 bits per heavy atom. The molecular formula is C16H27NO4. The number of rotatable bonds is 11. The van der Waals surface area contributed by atoms with Crippen molar-refractivity contribution < 1.29 is 18.9 Å². The second kappa shape index (κ2) is 10.4. The second-order valence-electron chi connectivity index (χ2n) is 4.97. The minimum absolute atomic E-state index is 0.455. The van der Waals surface area contributed by atoms with Gasteiger partial charge in [-0.1, -0.05) is 19.9 Å². The molecule has 0 heterocycles. The van der Waals surface area contributed by atoms with Crippen LogP contribution >= 0.6 is 0 Å². The predicted octanol–water partition coefficient (Wildman–Crippen LogP) is 2.23. The van der Waals surface area contributed by atoms with Crippen molar-refractivity contribution in [2.75, 3.05) is 40.6 Å². The highest BCUT2D eigenvalue weighted by Crippen LogP contribution is 2.28. The zero-order valence-electron chi connectivity index (χ0n) is 13.5. The first-order valence-corrected chi connectivity index (χ1v) is 7.27. The first-order valence-electron chi connectivity index (χ1n) is 7.27. The Hall–Kier alpha value is -1.30. The molecule has 0 aromatic heterocycles. The van der Waals surface area contributed by atoms with E-state index in [2.05, 4.69) is 19.2 Å². The van der Waals surface area contributed by atoms with Crippen molar-refractivity contribution in [3.63, 3.8) is 0 Å². The van der Waals surface area contributed by atoms with Gasteiger partial charge in [0, 0.05) is 19.7 Å². The Morgan fingerprint density at radius 3 is 2.43 bits per heavy atom. The molecule has 21 heavy (non-hydrogen) atoms. The van der Waals surface area contributed by atoms with Crippen LogP contribution in [-0.4, -0.2) is 46.7 Å². The van der Waals surface area contributed by atoms with Crippen molar-refractivity contribution in [2.45, 2.75) is 26.4 Å². The monoisotopic (exact) mass is 297 g/mol. The average Bonchev–Trinajstić information content (AvgIpc) is 2.49. The fourth-order valence-corrected chi connectivity index (χ4v) is 1.72. The molecule has 0 amide bonds. The van der Waals surface area contributed by atoms with E-state index in [0.717, 1.165) is 18.0 Å². The van der Waals surface area contributed by atoms with E-state index in [1.54, 1.807) is 14.2 Å². The molecule has 120 valence electrons. The molecule has 0 unspecified atom stereocenters. The lowest BCUT2D eigenvalue weighted by atomic mass is 10.2. The summed E-state index contributed by atoms with van der Waals surface area (Å²) in [6.45, 7) is 7.26. The van der Waals surface area contributed by atoms with Crippen molar-refractivity contribution >= 4 is 0 Å². The number of hydrogen-bond donors (Lipinski definition) is 1. The Kier molecular flexibility index (Phi) is 8.82. The molecule has 0 spiro atoms. The molecular weight excluding hydrogens is 270 g/mol. The molecule has 5 nitrogen and oxygen atoms in total. The zero-order valence-corrected chi connectivity index (χ0v) is 13.5. The molecule has 0 aliphatic heterocycles. The van der Waals surface area contributed by atoms with Crippen LogP contribution in [0.3, 0.4) is 0 Å². The SMILES string of the molecule is COCCOCCOc1ccc(CNC(C)C)cc1OC. The van der Waals surface area contributed by atoms with E-state index in [4.69, 9.17) is 18.9 Å². The average molecular weight is 297 g/mol. The Balaban J connectivity index is 2.43. The van der Waals surface area contributed by atoms with Gasteiger partial charge in [-0.25, -0.2) is 0 Å². The van der Waals surface area contributed by atoms with Crippen LogP contribution in [0.5, 0.6) is 11.5 Å². The number of hydrogen-bond acceptors (Lipinski definition) is 5. The minimum Gasteiger partial charge on any atom is -0.493 e. The molecule has 0 saturated heterocycles. The summed E-state index contributed by atoms with van der Waals surface area (Å²) in [5.74, 6) is 1.48. The van der Waals surface area contributed by atoms with Gasteiger partial charge in [0.2, 0.25) is 0 Å². The van der Waals surface area contributed by atoms with Crippen molar-refractivity contribution in [2.24, 2.45) is 0 Å². The number of methoxy groups -OCH3 is 2. The van der Waals surface area contributed by atoms with Gasteiger partial charge < -0.3 is 24.3 Å². The third kappa shape index (κ3) is 7.32. The summed E-state index contributed by atoms with van der Waals surface area (Å²) in [4.78, 5) is 0. The van der Waals surface area contributed by atoms with Gasteiger partial charge in [0.05, 0.1) is 26.9 Å². The molecule has 0 bridgehead atoms. The molecule has 1 rings (SSSR count). The number of nitrogens with one attached hydrogen (secondary N) is 1. The largest absolute Gasteiger partial charge is 0.493 e. The highest BCUT2D eigenvalue weighted by Gasteiger charge is 2.06. The quantitative estimate of drug-likeness (QED) is 0.635. The first kappa shape index (κ1) is 17.8. The van der Waals surface area contributed by atoms with Crippen LogP contribution in [0.25, 0.3) is 0 Å². The smallest absolute Gasteiger partial charge is 0.161 e. The van der Waals surface area contributed by atoms with Crippen LogP contribution in [0.2, 0.25) is 0 Å². The highest BCUT2D eigenvalue weighted by atomic mass is 16.5. The molecule has 0 aliphatic rings. The van der Waals surface area contributed by atoms with E-state index >= 15 is 0 Å². The van der Waals surface area contributed by atoms with Gasteiger partial charge in [0.15, 0.2) is 11.5 Å². The normalized spacial score (nSPS) is 10.9. The Bertz CT molecular complexity index is 396. The summed E-state index contributed by atoms with van der Waals surface area (Å²) < 4.78 is 21.3. The van der Waals surface area contributed by atoms with Crippen LogP contribution in [0.1, 0.15) is 19.4 Å². The number of benzene rings is 1. The lowest BCUT2D eigenvalue weighted by Gasteiger charge is -2.13. The standard InChI is InChI=1S/C16H27NO4/c1-13(2)17-12-14-5-6-15(16(11-14)19-4)21-10-9-20-8-7-18-3/h5-6,11,13,17H,7-10,12H2,1-4H3. The summed E-state index contributed by atoms with van der Waals surface area (Å²) in [5, 5.41) is 3.38. The molecule has 1 aromatic carbocycles. The van der Waals surface area contributed by atoms with E-state index in [9.17, 15) is 0 Å². The maximum atomic E-state index is 5.68. The van der Waals surface area contributed by atoms with Crippen LogP contribution in [-0.2, 0) is 16.0 Å². The molecule has 0 fully saturated rings. The molecule has 0 radical (unpaired) electrons. The third-order valence-electron chi connectivity index (χ3n) is 2.86. The Labute approximate surface area is 127 Å². The molecule has 5 heteroatoms. The van der Waals surface area contributed by atoms with E-state index in [0.29, 0.717) is 32.5 Å². The summed E-state index contributed by atoms with van der Waals surface area (Å²) in [6.07, 6.45) is 0. The van der Waals surface area contributed by atoms with Crippen molar-refractivity contribution in [1.29, 1.82) is 0 Å². The van der Waals surface area contributed by atoms with Gasteiger partial charge >= 0.3 is 0 Å². The predicted molar refractivity (Wildman–Crippen MR) is 83.2 cm³/mol. The van der Waals surface area contributed by atoms with Crippen LogP contribution < -0.4 is 14.8 Å². The molecule has 1 N–H and O–H groups in total. The van der Waals surface area contributed by atoms with Gasteiger partial charge in [-0.15, -0.1) is 0 Å². The van der Waals surface area contributed by atoms with Crippen LogP contribution in [0.4, 0.5) is 0 Å². The van der Waals surface area contributed by atoms with Crippen LogP contribution in [0.15, 0.2) is 18.2 Å². The summed E-state index contributed by atoms with van der Waals surface area (Å²) in [6, 6.07) is 6.43. The maximum absolute atomic E-state index is 5.68. The second-order valence-corrected chi connectivity index (χ2v) is 4.97. The first-order chi connectivity index (χ1) is 10.2. The Morgan fingerprint density at radius 2 is 1.76 bits per heavy atom. The third-order valence-corrected chi connectivity index (χ3v) is 2.86. The fraction of sp³-hybridized carbons (Fsp3) is 0.625. The van der Waals surface area contributed by atoms with Gasteiger partial charge in [0.25, 0.3) is 0 Å². The lowest BCUT2D eigenvalue weighted by molar-refractivity contribution is 0.0540. The lowest BCUT2D eigenvalue weighted by Crippen LogP contribution is -2.21. The topological polar surface area (TPSA) is 49.0 Å². The van der Waals surface area contributed by atoms with E-state index in [-0.39, 0.29) is 0 Å². The summed E-state index contributed by atoms with van der Waals surface area (Å²) in [7, 11) is 3.30. The van der Waals surface area contributed by atoms with E-state index < -0.39 is 0 Å². The summed E-state index contributed by atoms with van der Waals surface area (Å²) in [5.41, 5.74) is 1.17. The highest BCUT2D eigenvalue weighted by molar-refractivity contribution is 5.42. The van der Waals surface area contributed by atoms with Gasteiger partial charge in [0.1, 0.15) is 6.61 Å². The van der Waals surface area contributed by atoms with Gasteiger partial charge in [-0.05, 0) is 17.7 Å². The van der Waals surface area contributed by atoms with Crippen molar-refractivity contribution in [1.82, 2.24) is 5.32 Å². The molecule has 0 aliphatic carbocycles. The molecule has 0 atom stereocenters. The summed E-state index contributed by atoms with van der Waals surface area (Å²) >= 11 is 0. The molecule has 0 saturated carbocycles. The van der Waals surface area contributed by atoms with Crippen LogP contribution in [0, 0.1) is 0 Å². The maximum Gasteiger partial charge on any atom is 0.161 e. The zero-order chi connectivity index (χ0) is 15.5. The minimum atomic E-state index is 0.455. The van der Waals surface area contributed by atoms with Crippen molar-refractivity contribution in [3.8, 4) is 11.5 Å².